The molecule has 0 aliphatic carbocycles. The number of hydrogen-bond donors (Lipinski definition) is 0. The highest BCUT2D eigenvalue weighted by Gasteiger charge is 2.28. The lowest BCUT2D eigenvalue weighted by Gasteiger charge is -2.38. The molecule has 0 unspecified atom stereocenters. The van der Waals surface area contributed by atoms with E-state index in [9.17, 15) is 4.79 Å². The van der Waals surface area contributed by atoms with Gasteiger partial charge in [0.25, 0.3) is 5.91 Å². The number of hydrazine groups is 1. The molecule has 0 spiro atoms. The summed E-state index contributed by atoms with van der Waals surface area (Å²) in [6, 6.07) is 11.4. The summed E-state index contributed by atoms with van der Waals surface area (Å²) < 4.78 is 2.62. The summed E-state index contributed by atoms with van der Waals surface area (Å²) in [4.78, 5) is 12.9. The summed E-state index contributed by atoms with van der Waals surface area (Å²) >= 11 is 9.47. The first kappa shape index (κ1) is 15.5. The van der Waals surface area contributed by atoms with E-state index in [4.69, 9.17) is 11.6 Å². The van der Waals surface area contributed by atoms with Crippen LogP contribution in [0.4, 0.5) is 5.69 Å². The number of aromatic nitrogens is 2. The quantitative estimate of drug-likeness (QED) is 0.618. The van der Waals surface area contributed by atoms with Gasteiger partial charge < -0.3 is 0 Å². The van der Waals surface area contributed by atoms with E-state index in [1.807, 2.05) is 48.6 Å². The van der Waals surface area contributed by atoms with Crippen molar-refractivity contribution < 1.29 is 4.79 Å². The van der Waals surface area contributed by atoms with Crippen LogP contribution in [0.1, 0.15) is 16.1 Å². The Labute approximate surface area is 152 Å². The van der Waals surface area contributed by atoms with Crippen LogP contribution in [0.3, 0.4) is 0 Å². The van der Waals surface area contributed by atoms with Gasteiger partial charge in [-0.25, -0.2) is 9.52 Å². The van der Waals surface area contributed by atoms with Crippen LogP contribution in [0.5, 0.6) is 0 Å². The minimum absolute atomic E-state index is 0.113. The van der Waals surface area contributed by atoms with Gasteiger partial charge in [0.2, 0.25) is 0 Å². The molecule has 24 heavy (non-hydrogen) atoms. The maximum atomic E-state index is 12.9. The van der Waals surface area contributed by atoms with E-state index in [2.05, 4.69) is 21.0 Å². The zero-order valence-electron chi connectivity index (χ0n) is 12.9. The van der Waals surface area contributed by atoms with Gasteiger partial charge in [-0.3, -0.25) is 9.80 Å². The van der Waals surface area contributed by atoms with Crippen LogP contribution < -0.4 is 5.01 Å². The zero-order valence-corrected chi connectivity index (χ0v) is 15.3. The summed E-state index contributed by atoms with van der Waals surface area (Å²) in [5.41, 5.74) is 3.45. The lowest BCUT2D eigenvalue weighted by Crippen LogP contribution is -2.48. The molecule has 7 heteroatoms. The number of rotatable bonds is 1. The number of fused-ring (bicyclic) bond motifs is 2. The molecule has 0 bridgehead atoms. The van der Waals surface area contributed by atoms with E-state index in [-0.39, 0.29) is 5.91 Å². The Bertz CT molecular complexity index is 955. The van der Waals surface area contributed by atoms with Gasteiger partial charge in [-0.15, -0.1) is 0 Å². The number of benzene rings is 1. The molecule has 1 aromatic carbocycles. The first-order chi connectivity index (χ1) is 11.5. The number of hydrogen-bond acceptors (Lipinski definition) is 3. The average molecular weight is 406 g/mol. The highest BCUT2D eigenvalue weighted by atomic mass is 79.9. The third kappa shape index (κ3) is 2.56. The number of pyridine rings is 1. The summed E-state index contributed by atoms with van der Waals surface area (Å²) in [5.74, 6) is -0.113. The fourth-order valence-electron chi connectivity index (χ4n) is 3.01. The summed E-state index contributed by atoms with van der Waals surface area (Å²) in [6.45, 7) is 0.597. The molecular weight excluding hydrogens is 392 g/mol. The molecule has 1 amide bonds. The minimum atomic E-state index is -0.113. The summed E-state index contributed by atoms with van der Waals surface area (Å²) in [6.07, 6.45) is 2.61. The standard InChI is InChI=1S/C17H14BrClN4O/c1-21-16-5-3-13(19)8-11(16)6-7-23(21)17(24)15-9-14-4-2-12(18)10-22(14)20-15/h2-5,8-10H,6-7H2,1H3. The third-order valence-electron chi connectivity index (χ3n) is 4.22. The van der Waals surface area contributed by atoms with Gasteiger partial charge in [-0.2, -0.15) is 5.10 Å². The molecule has 0 fully saturated rings. The topological polar surface area (TPSA) is 40.9 Å². The number of halogens is 2. The highest BCUT2D eigenvalue weighted by Crippen LogP contribution is 2.29. The molecule has 0 saturated heterocycles. The van der Waals surface area contributed by atoms with Crippen molar-refractivity contribution in [2.24, 2.45) is 0 Å². The summed E-state index contributed by atoms with van der Waals surface area (Å²) in [5, 5.41) is 8.70. The SMILES string of the molecule is CN1c2ccc(Cl)cc2CCN1C(=O)c1cc2ccc(Br)cn2n1. The van der Waals surface area contributed by atoms with Gasteiger partial charge in [0.1, 0.15) is 0 Å². The van der Waals surface area contributed by atoms with E-state index in [1.165, 1.54) is 0 Å². The van der Waals surface area contributed by atoms with E-state index < -0.39 is 0 Å². The Morgan fingerprint density at radius 2 is 2.08 bits per heavy atom. The molecule has 2 aromatic heterocycles. The molecule has 1 aliphatic rings. The predicted molar refractivity (Wildman–Crippen MR) is 97.5 cm³/mol. The van der Waals surface area contributed by atoms with E-state index in [1.54, 1.807) is 15.6 Å². The van der Waals surface area contributed by atoms with Crippen LogP contribution in [0.2, 0.25) is 5.02 Å². The Balaban J connectivity index is 1.67. The fraction of sp³-hybridized carbons (Fsp3) is 0.176. The molecule has 0 atom stereocenters. The van der Waals surface area contributed by atoms with Crippen molar-refractivity contribution in [1.82, 2.24) is 14.6 Å². The summed E-state index contributed by atoms with van der Waals surface area (Å²) in [7, 11) is 1.89. The molecule has 5 nitrogen and oxygen atoms in total. The molecule has 0 N–H and O–H groups in total. The van der Waals surface area contributed by atoms with Crippen molar-refractivity contribution in [3.05, 3.63) is 63.3 Å². The lowest BCUT2D eigenvalue weighted by atomic mass is 10.1. The normalized spacial score (nSPS) is 14.1. The van der Waals surface area contributed by atoms with E-state index in [0.29, 0.717) is 17.3 Å². The van der Waals surface area contributed by atoms with Crippen molar-refractivity contribution in [3.63, 3.8) is 0 Å². The largest absolute Gasteiger partial charge is 0.292 e. The molecule has 122 valence electrons. The van der Waals surface area contributed by atoms with Gasteiger partial charge in [0.15, 0.2) is 5.69 Å². The number of carbonyl (C=O) groups excluding carboxylic acids is 1. The molecule has 3 heterocycles. The van der Waals surface area contributed by atoms with E-state index >= 15 is 0 Å². The number of carbonyl (C=O) groups is 1. The predicted octanol–water partition coefficient (Wildman–Crippen LogP) is 3.80. The van der Waals surface area contributed by atoms with Gasteiger partial charge >= 0.3 is 0 Å². The smallest absolute Gasteiger partial charge is 0.285 e. The second-order valence-corrected chi connectivity index (χ2v) is 7.07. The van der Waals surface area contributed by atoms with Crippen LogP contribution in [0, 0.1) is 0 Å². The van der Waals surface area contributed by atoms with Crippen molar-refractivity contribution >= 4 is 44.6 Å². The van der Waals surface area contributed by atoms with Crippen molar-refractivity contribution in [2.45, 2.75) is 6.42 Å². The third-order valence-corrected chi connectivity index (χ3v) is 4.93. The van der Waals surface area contributed by atoms with Crippen LogP contribution in [-0.4, -0.2) is 34.1 Å². The molecule has 4 rings (SSSR count). The van der Waals surface area contributed by atoms with Gasteiger partial charge in [0.05, 0.1) is 11.2 Å². The Morgan fingerprint density at radius 1 is 1.25 bits per heavy atom. The first-order valence-corrected chi connectivity index (χ1v) is 8.69. The van der Waals surface area contributed by atoms with Crippen molar-refractivity contribution in [1.29, 1.82) is 0 Å². The van der Waals surface area contributed by atoms with Gasteiger partial charge in [-0.1, -0.05) is 11.6 Å². The van der Waals surface area contributed by atoms with Crippen LogP contribution in [0.15, 0.2) is 47.1 Å². The monoisotopic (exact) mass is 404 g/mol. The van der Waals surface area contributed by atoms with Crippen LogP contribution >= 0.6 is 27.5 Å². The zero-order chi connectivity index (χ0) is 16.8. The van der Waals surface area contributed by atoms with Crippen LogP contribution in [0.25, 0.3) is 5.52 Å². The van der Waals surface area contributed by atoms with Gasteiger partial charge in [-0.05, 0) is 64.3 Å². The number of nitrogens with zero attached hydrogens (tertiary/aromatic N) is 4. The molecule has 0 saturated carbocycles. The van der Waals surface area contributed by atoms with Crippen molar-refractivity contribution in [2.75, 3.05) is 18.6 Å². The Kier molecular flexibility index (Phi) is 3.73. The Morgan fingerprint density at radius 3 is 2.92 bits per heavy atom. The second-order valence-electron chi connectivity index (χ2n) is 5.72. The van der Waals surface area contributed by atoms with E-state index in [0.717, 1.165) is 27.7 Å². The number of anilines is 1. The fourth-order valence-corrected chi connectivity index (χ4v) is 3.53. The molecule has 0 radical (unpaired) electrons. The Hall–Kier alpha value is -2.05. The minimum Gasteiger partial charge on any atom is -0.285 e. The average Bonchev–Trinajstić information content (AvgIpc) is 2.97. The maximum absolute atomic E-state index is 12.9. The second kappa shape index (κ2) is 5.79. The van der Waals surface area contributed by atoms with Gasteiger partial charge in [0, 0.05) is 29.3 Å². The lowest BCUT2D eigenvalue weighted by molar-refractivity contribution is 0.0732. The number of amides is 1. The molecular formula is C17H14BrClN4O. The molecule has 1 aliphatic heterocycles. The molecule has 3 aromatic rings. The highest BCUT2D eigenvalue weighted by molar-refractivity contribution is 9.10. The first-order valence-electron chi connectivity index (χ1n) is 7.52. The maximum Gasteiger partial charge on any atom is 0.292 e. The van der Waals surface area contributed by atoms with Crippen molar-refractivity contribution in [3.8, 4) is 0 Å². The van der Waals surface area contributed by atoms with Crippen LogP contribution in [-0.2, 0) is 6.42 Å².